The number of carbonyl (C=O) groups excluding carboxylic acids is 1. The minimum absolute atomic E-state index is 0.129. The second-order valence-electron chi connectivity index (χ2n) is 4.30. The zero-order chi connectivity index (χ0) is 11.8. The highest BCUT2D eigenvalue weighted by atomic mass is 16.5. The molecule has 1 aliphatic heterocycles. The fourth-order valence-corrected chi connectivity index (χ4v) is 2.15. The van der Waals surface area contributed by atoms with Crippen molar-refractivity contribution in [1.82, 2.24) is 5.32 Å². The summed E-state index contributed by atoms with van der Waals surface area (Å²) in [7, 11) is 1.67. The van der Waals surface area contributed by atoms with E-state index in [2.05, 4.69) is 23.5 Å². The predicted octanol–water partition coefficient (Wildman–Crippen LogP) is 2.41. The third-order valence-corrected chi connectivity index (χ3v) is 3.20. The van der Waals surface area contributed by atoms with Gasteiger partial charge in [0.25, 0.3) is 0 Å². The molecule has 1 atom stereocenters. The Balaban J connectivity index is 1.99. The van der Waals surface area contributed by atoms with E-state index >= 15 is 0 Å². The summed E-state index contributed by atoms with van der Waals surface area (Å²) in [5.74, 6) is 0.993. The van der Waals surface area contributed by atoms with Crippen LogP contribution >= 0.6 is 0 Å². The maximum atomic E-state index is 10.9. The molecule has 0 saturated carbocycles. The van der Waals surface area contributed by atoms with Crippen molar-refractivity contribution in [2.45, 2.75) is 12.5 Å². The molecule has 1 heterocycles. The predicted molar refractivity (Wildman–Crippen MR) is 66.0 cm³/mol. The van der Waals surface area contributed by atoms with Gasteiger partial charge in [0.2, 0.25) is 5.91 Å². The van der Waals surface area contributed by atoms with Crippen molar-refractivity contribution in [2.24, 2.45) is 0 Å². The second kappa shape index (κ2) is 3.77. The zero-order valence-corrected chi connectivity index (χ0v) is 9.57. The molecule has 1 fully saturated rings. The number of benzene rings is 2. The first kappa shape index (κ1) is 10.1. The first-order valence-electron chi connectivity index (χ1n) is 5.63. The van der Waals surface area contributed by atoms with Crippen LogP contribution in [0.25, 0.3) is 10.8 Å². The topological polar surface area (TPSA) is 38.3 Å². The summed E-state index contributed by atoms with van der Waals surface area (Å²) in [6, 6.07) is 12.4. The monoisotopic (exact) mass is 227 g/mol. The highest BCUT2D eigenvalue weighted by Gasteiger charge is 2.26. The third-order valence-electron chi connectivity index (χ3n) is 3.20. The molecule has 2 aromatic rings. The number of nitrogens with one attached hydrogen (secondary N) is 1. The van der Waals surface area contributed by atoms with E-state index in [9.17, 15) is 4.79 Å². The summed E-state index contributed by atoms with van der Waals surface area (Å²) >= 11 is 0. The summed E-state index contributed by atoms with van der Waals surface area (Å²) in [5, 5.41) is 5.21. The maximum Gasteiger partial charge on any atom is 0.222 e. The standard InChI is InChI=1S/C14H13NO2/c1-17-12-5-4-9-6-11(3-2-10(9)7-12)13-8-14(16)15-13/h2-7,13H,8H2,1H3,(H,15,16). The van der Waals surface area contributed by atoms with Crippen LogP contribution in [0, 0.1) is 0 Å². The Labute approximate surface area is 99.4 Å². The van der Waals surface area contributed by atoms with Gasteiger partial charge < -0.3 is 10.1 Å². The van der Waals surface area contributed by atoms with Gasteiger partial charge in [-0.05, 0) is 34.5 Å². The smallest absolute Gasteiger partial charge is 0.222 e. The van der Waals surface area contributed by atoms with E-state index in [0.29, 0.717) is 6.42 Å². The van der Waals surface area contributed by atoms with Gasteiger partial charge in [-0.3, -0.25) is 4.79 Å². The zero-order valence-electron chi connectivity index (χ0n) is 9.57. The Bertz CT molecular complexity index is 584. The molecule has 1 saturated heterocycles. The van der Waals surface area contributed by atoms with Gasteiger partial charge in [0, 0.05) is 0 Å². The second-order valence-corrected chi connectivity index (χ2v) is 4.30. The normalized spacial score (nSPS) is 18.6. The van der Waals surface area contributed by atoms with E-state index in [1.807, 2.05) is 18.2 Å². The average Bonchev–Trinajstić information content (AvgIpc) is 2.34. The summed E-state index contributed by atoms with van der Waals surface area (Å²) in [6.45, 7) is 0. The fourth-order valence-electron chi connectivity index (χ4n) is 2.15. The number of β-lactam (4-membered cyclic amide) rings is 1. The van der Waals surface area contributed by atoms with Gasteiger partial charge in [-0.25, -0.2) is 0 Å². The minimum atomic E-state index is 0.129. The summed E-state index contributed by atoms with van der Waals surface area (Å²) < 4.78 is 5.19. The van der Waals surface area contributed by atoms with Crippen molar-refractivity contribution in [1.29, 1.82) is 0 Å². The molecule has 3 rings (SSSR count). The molecular weight excluding hydrogens is 214 g/mol. The van der Waals surface area contributed by atoms with E-state index in [0.717, 1.165) is 11.1 Å². The summed E-state index contributed by atoms with van der Waals surface area (Å²) in [5.41, 5.74) is 1.17. The Kier molecular flexibility index (Phi) is 2.25. The van der Waals surface area contributed by atoms with Gasteiger partial charge >= 0.3 is 0 Å². The van der Waals surface area contributed by atoms with Crippen LogP contribution in [0.3, 0.4) is 0 Å². The number of rotatable bonds is 2. The molecule has 86 valence electrons. The highest BCUT2D eigenvalue weighted by molar-refractivity contribution is 5.87. The Morgan fingerprint density at radius 2 is 1.88 bits per heavy atom. The Hall–Kier alpha value is -2.03. The van der Waals surface area contributed by atoms with Gasteiger partial charge in [0.15, 0.2) is 0 Å². The van der Waals surface area contributed by atoms with Gasteiger partial charge in [-0.2, -0.15) is 0 Å². The van der Waals surface area contributed by atoms with E-state index in [4.69, 9.17) is 4.74 Å². The molecule has 0 spiro atoms. The molecule has 17 heavy (non-hydrogen) atoms. The fraction of sp³-hybridized carbons (Fsp3) is 0.214. The van der Waals surface area contributed by atoms with Gasteiger partial charge in [0.1, 0.15) is 5.75 Å². The van der Waals surface area contributed by atoms with Gasteiger partial charge in [0.05, 0.1) is 19.6 Å². The molecule has 0 bridgehead atoms. The van der Waals surface area contributed by atoms with Crippen LogP contribution in [-0.2, 0) is 4.79 Å². The largest absolute Gasteiger partial charge is 0.497 e. The van der Waals surface area contributed by atoms with Crippen molar-refractivity contribution in [3.63, 3.8) is 0 Å². The Morgan fingerprint density at radius 1 is 1.18 bits per heavy atom. The van der Waals surface area contributed by atoms with E-state index in [-0.39, 0.29) is 11.9 Å². The number of hydrogen-bond donors (Lipinski definition) is 1. The van der Waals surface area contributed by atoms with Crippen LogP contribution in [-0.4, -0.2) is 13.0 Å². The molecular formula is C14H13NO2. The number of carbonyl (C=O) groups is 1. The molecule has 1 unspecified atom stereocenters. The molecule has 0 radical (unpaired) electrons. The van der Waals surface area contributed by atoms with Crippen LogP contribution < -0.4 is 10.1 Å². The molecule has 1 amide bonds. The van der Waals surface area contributed by atoms with Crippen LogP contribution in [0.4, 0.5) is 0 Å². The Morgan fingerprint density at radius 3 is 2.59 bits per heavy atom. The number of fused-ring (bicyclic) bond motifs is 1. The van der Waals surface area contributed by atoms with E-state index < -0.39 is 0 Å². The highest BCUT2D eigenvalue weighted by Crippen LogP contribution is 2.28. The average molecular weight is 227 g/mol. The number of methoxy groups -OCH3 is 1. The molecule has 0 aromatic heterocycles. The van der Waals surface area contributed by atoms with Crippen LogP contribution in [0.5, 0.6) is 5.75 Å². The SMILES string of the molecule is COc1ccc2cc(C3CC(=O)N3)ccc2c1. The van der Waals surface area contributed by atoms with Crippen LogP contribution in [0.15, 0.2) is 36.4 Å². The molecule has 3 nitrogen and oxygen atoms in total. The van der Waals surface area contributed by atoms with Crippen molar-refractivity contribution < 1.29 is 9.53 Å². The first-order valence-corrected chi connectivity index (χ1v) is 5.63. The lowest BCUT2D eigenvalue weighted by atomic mass is 9.95. The van der Waals surface area contributed by atoms with Crippen LogP contribution in [0.1, 0.15) is 18.0 Å². The van der Waals surface area contributed by atoms with Crippen molar-refractivity contribution >= 4 is 16.7 Å². The van der Waals surface area contributed by atoms with Crippen molar-refractivity contribution in [3.8, 4) is 5.75 Å². The lowest BCUT2D eigenvalue weighted by Gasteiger charge is -2.27. The quantitative estimate of drug-likeness (QED) is 0.800. The van der Waals surface area contributed by atoms with E-state index in [1.165, 1.54) is 10.9 Å². The van der Waals surface area contributed by atoms with Gasteiger partial charge in [-0.1, -0.05) is 18.2 Å². The lowest BCUT2D eigenvalue weighted by molar-refractivity contribution is -0.128. The van der Waals surface area contributed by atoms with Crippen molar-refractivity contribution in [2.75, 3.05) is 7.11 Å². The minimum Gasteiger partial charge on any atom is -0.497 e. The maximum absolute atomic E-state index is 10.9. The number of hydrogen-bond acceptors (Lipinski definition) is 2. The van der Waals surface area contributed by atoms with E-state index in [1.54, 1.807) is 7.11 Å². The molecule has 1 N–H and O–H groups in total. The summed E-state index contributed by atoms with van der Waals surface area (Å²) in [6.07, 6.45) is 0.599. The number of amides is 1. The third kappa shape index (κ3) is 1.73. The lowest BCUT2D eigenvalue weighted by Crippen LogP contribution is -2.41. The molecule has 0 aliphatic carbocycles. The number of ether oxygens (including phenoxy) is 1. The molecule has 1 aliphatic rings. The molecule has 2 aromatic carbocycles. The van der Waals surface area contributed by atoms with Crippen LogP contribution in [0.2, 0.25) is 0 Å². The molecule has 3 heteroatoms. The van der Waals surface area contributed by atoms with Gasteiger partial charge in [-0.15, -0.1) is 0 Å². The van der Waals surface area contributed by atoms with Crippen molar-refractivity contribution in [3.05, 3.63) is 42.0 Å². The first-order chi connectivity index (χ1) is 8.26. The summed E-state index contributed by atoms with van der Waals surface area (Å²) in [4.78, 5) is 10.9.